The van der Waals surface area contributed by atoms with Crippen LogP contribution in [0.3, 0.4) is 0 Å². The van der Waals surface area contributed by atoms with Gasteiger partial charge in [0.1, 0.15) is 6.61 Å². The molecule has 0 amide bonds. The summed E-state index contributed by atoms with van der Waals surface area (Å²) in [5.74, 6) is -2.61. The van der Waals surface area contributed by atoms with Crippen molar-refractivity contribution in [2.75, 3.05) is 6.61 Å². The van der Waals surface area contributed by atoms with E-state index in [1.54, 1.807) is 0 Å². The van der Waals surface area contributed by atoms with Crippen LogP contribution in [0.5, 0.6) is 0 Å². The molecule has 1 aromatic carbocycles. The van der Waals surface area contributed by atoms with Crippen LogP contribution in [0.2, 0.25) is 0 Å². The van der Waals surface area contributed by atoms with E-state index in [2.05, 4.69) is 6.58 Å². The molecule has 1 heterocycles. The lowest BCUT2D eigenvalue weighted by Crippen LogP contribution is -2.41. The number of carbonyl (C=O) groups excluding carboxylic acids is 2. The number of ether oxygens (including phenoxy) is 3. The number of cyclic esters (lactones) is 1. The molecule has 1 aromatic rings. The third-order valence-corrected chi connectivity index (χ3v) is 3.04. The van der Waals surface area contributed by atoms with Gasteiger partial charge < -0.3 is 19.9 Å². The van der Waals surface area contributed by atoms with Crippen LogP contribution in [0, 0.1) is 5.92 Å². The van der Waals surface area contributed by atoms with Crippen molar-refractivity contribution in [2.45, 2.75) is 18.9 Å². The SMILES string of the molecule is C=CCOC(=O)C1C(=O)OC(OCc2ccccc2)C1N. The smallest absolute Gasteiger partial charge is 0.324 e. The summed E-state index contributed by atoms with van der Waals surface area (Å²) in [6.07, 6.45) is 0.451. The summed E-state index contributed by atoms with van der Waals surface area (Å²) in [7, 11) is 0. The molecule has 0 saturated carbocycles. The molecule has 2 rings (SSSR count). The Labute approximate surface area is 122 Å². The third kappa shape index (κ3) is 3.68. The maximum Gasteiger partial charge on any atom is 0.324 e. The Morgan fingerprint density at radius 3 is 2.76 bits per heavy atom. The highest BCUT2D eigenvalue weighted by Crippen LogP contribution is 2.23. The number of rotatable bonds is 6. The van der Waals surface area contributed by atoms with Crippen LogP contribution in [0.25, 0.3) is 0 Å². The van der Waals surface area contributed by atoms with Crippen LogP contribution in [0.15, 0.2) is 43.0 Å². The molecule has 0 spiro atoms. The molecule has 6 nitrogen and oxygen atoms in total. The topological polar surface area (TPSA) is 87.9 Å². The number of hydrogen-bond donors (Lipinski definition) is 1. The van der Waals surface area contributed by atoms with Gasteiger partial charge in [-0.15, -0.1) is 0 Å². The number of nitrogens with two attached hydrogens (primary N) is 1. The van der Waals surface area contributed by atoms with E-state index >= 15 is 0 Å². The van der Waals surface area contributed by atoms with Crippen molar-refractivity contribution in [3.8, 4) is 0 Å². The molecule has 112 valence electrons. The molecule has 0 aliphatic carbocycles. The number of benzene rings is 1. The van der Waals surface area contributed by atoms with Gasteiger partial charge in [0.25, 0.3) is 0 Å². The zero-order chi connectivity index (χ0) is 15.2. The first-order chi connectivity index (χ1) is 10.1. The van der Waals surface area contributed by atoms with Crippen molar-refractivity contribution < 1.29 is 23.8 Å². The number of carbonyl (C=O) groups is 2. The fraction of sp³-hybridized carbons (Fsp3) is 0.333. The van der Waals surface area contributed by atoms with Crippen molar-refractivity contribution >= 4 is 11.9 Å². The summed E-state index contributed by atoms with van der Waals surface area (Å²) in [5.41, 5.74) is 6.77. The summed E-state index contributed by atoms with van der Waals surface area (Å²) in [6.45, 7) is 3.68. The van der Waals surface area contributed by atoms with E-state index in [4.69, 9.17) is 19.9 Å². The highest BCUT2D eigenvalue weighted by Gasteiger charge is 2.48. The van der Waals surface area contributed by atoms with Gasteiger partial charge >= 0.3 is 11.9 Å². The average molecular weight is 291 g/mol. The lowest BCUT2D eigenvalue weighted by atomic mass is 10.0. The Morgan fingerprint density at radius 1 is 1.38 bits per heavy atom. The lowest BCUT2D eigenvalue weighted by molar-refractivity contribution is -0.168. The highest BCUT2D eigenvalue weighted by molar-refractivity contribution is 5.97. The standard InChI is InChI=1S/C15H17NO5/c1-2-8-19-13(17)11-12(16)15(21-14(11)18)20-9-10-6-4-3-5-7-10/h2-7,11-12,15H,1,8-9,16H2. The van der Waals surface area contributed by atoms with Gasteiger partial charge in [-0.3, -0.25) is 9.59 Å². The highest BCUT2D eigenvalue weighted by atomic mass is 16.7. The van der Waals surface area contributed by atoms with E-state index in [9.17, 15) is 9.59 Å². The maximum absolute atomic E-state index is 11.7. The summed E-state index contributed by atoms with van der Waals surface area (Å²) in [6, 6.07) is 8.48. The molecule has 0 aromatic heterocycles. The predicted molar refractivity (Wildman–Crippen MR) is 73.7 cm³/mol. The zero-order valence-corrected chi connectivity index (χ0v) is 11.4. The van der Waals surface area contributed by atoms with Gasteiger partial charge in [0.15, 0.2) is 5.92 Å². The minimum absolute atomic E-state index is 0.0187. The number of esters is 2. The Bertz CT molecular complexity index is 516. The van der Waals surface area contributed by atoms with Crippen LogP contribution >= 0.6 is 0 Å². The van der Waals surface area contributed by atoms with Gasteiger partial charge in [0.05, 0.1) is 12.6 Å². The lowest BCUT2D eigenvalue weighted by Gasteiger charge is -2.16. The second-order valence-electron chi connectivity index (χ2n) is 4.58. The van der Waals surface area contributed by atoms with Gasteiger partial charge in [-0.2, -0.15) is 0 Å². The van der Waals surface area contributed by atoms with E-state index in [1.807, 2.05) is 30.3 Å². The predicted octanol–water partition coefficient (Wildman–Crippen LogP) is 0.759. The summed E-state index contributed by atoms with van der Waals surface area (Å²) in [5, 5.41) is 0. The van der Waals surface area contributed by atoms with Crippen molar-refractivity contribution in [1.29, 1.82) is 0 Å². The Morgan fingerprint density at radius 2 is 2.10 bits per heavy atom. The quantitative estimate of drug-likeness (QED) is 0.473. The summed E-state index contributed by atoms with van der Waals surface area (Å²) in [4.78, 5) is 23.4. The van der Waals surface area contributed by atoms with Gasteiger partial charge in [-0.1, -0.05) is 43.0 Å². The van der Waals surface area contributed by atoms with Gasteiger partial charge in [-0.05, 0) is 5.56 Å². The minimum atomic E-state index is -1.16. The van der Waals surface area contributed by atoms with E-state index < -0.39 is 30.2 Å². The minimum Gasteiger partial charge on any atom is -0.461 e. The van der Waals surface area contributed by atoms with E-state index in [0.29, 0.717) is 0 Å². The van der Waals surface area contributed by atoms with E-state index in [0.717, 1.165) is 5.56 Å². The van der Waals surface area contributed by atoms with E-state index in [1.165, 1.54) is 6.08 Å². The monoisotopic (exact) mass is 291 g/mol. The first kappa shape index (κ1) is 15.2. The van der Waals surface area contributed by atoms with Crippen molar-refractivity contribution in [3.05, 3.63) is 48.6 Å². The summed E-state index contributed by atoms with van der Waals surface area (Å²) >= 11 is 0. The molecular formula is C15H17NO5. The van der Waals surface area contributed by atoms with Crippen LogP contribution in [-0.2, 0) is 30.4 Å². The molecule has 1 saturated heterocycles. The van der Waals surface area contributed by atoms with Gasteiger partial charge in [-0.25, -0.2) is 0 Å². The second kappa shape index (κ2) is 7.01. The largest absolute Gasteiger partial charge is 0.461 e. The van der Waals surface area contributed by atoms with Crippen molar-refractivity contribution in [3.63, 3.8) is 0 Å². The van der Waals surface area contributed by atoms with Crippen molar-refractivity contribution in [1.82, 2.24) is 0 Å². The molecule has 6 heteroatoms. The molecule has 3 unspecified atom stereocenters. The third-order valence-electron chi connectivity index (χ3n) is 3.04. The Hall–Kier alpha value is -2.18. The van der Waals surface area contributed by atoms with Crippen LogP contribution in [-0.4, -0.2) is 30.9 Å². The first-order valence-corrected chi connectivity index (χ1v) is 6.52. The van der Waals surface area contributed by atoms with Crippen LogP contribution in [0.1, 0.15) is 5.56 Å². The molecule has 3 atom stereocenters. The molecule has 1 fully saturated rings. The molecule has 1 aliphatic rings. The van der Waals surface area contributed by atoms with Gasteiger partial charge in [0.2, 0.25) is 6.29 Å². The molecule has 21 heavy (non-hydrogen) atoms. The van der Waals surface area contributed by atoms with Gasteiger partial charge in [0, 0.05) is 0 Å². The van der Waals surface area contributed by atoms with Crippen LogP contribution < -0.4 is 5.73 Å². The second-order valence-corrected chi connectivity index (χ2v) is 4.58. The Balaban J connectivity index is 1.93. The molecule has 1 aliphatic heterocycles. The molecule has 0 bridgehead atoms. The molecule has 0 radical (unpaired) electrons. The molecular weight excluding hydrogens is 274 g/mol. The molecule has 2 N–H and O–H groups in total. The van der Waals surface area contributed by atoms with E-state index in [-0.39, 0.29) is 13.2 Å². The van der Waals surface area contributed by atoms with Crippen molar-refractivity contribution in [2.24, 2.45) is 11.7 Å². The zero-order valence-electron chi connectivity index (χ0n) is 11.4. The normalized spacial score (nSPS) is 24.4. The van der Waals surface area contributed by atoms with Crippen LogP contribution in [0.4, 0.5) is 0 Å². The maximum atomic E-state index is 11.7. The first-order valence-electron chi connectivity index (χ1n) is 6.52. The fourth-order valence-corrected chi connectivity index (χ4v) is 1.96. The fourth-order valence-electron chi connectivity index (χ4n) is 1.96. The Kier molecular flexibility index (Phi) is 5.08. The number of hydrogen-bond acceptors (Lipinski definition) is 6. The average Bonchev–Trinajstić information content (AvgIpc) is 2.78. The summed E-state index contributed by atoms with van der Waals surface area (Å²) < 4.78 is 15.3.